The fourth-order valence-corrected chi connectivity index (χ4v) is 2.02. The van der Waals surface area contributed by atoms with Gasteiger partial charge in [-0.3, -0.25) is 0 Å². The lowest BCUT2D eigenvalue weighted by molar-refractivity contribution is 0.552. The summed E-state index contributed by atoms with van der Waals surface area (Å²) < 4.78 is 0. The van der Waals surface area contributed by atoms with Gasteiger partial charge in [0.15, 0.2) is 0 Å². The molecule has 3 nitrogen and oxygen atoms in total. The molecular weight excluding hydrogens is 222 g/mol. The summed E-state index contributed by atoms with van der Waals surface area (Å²) in [5, 5.41) is 3.47. The van der Waals surface area contributed by atoms with E-state index in [2.05, 4.69) is 62.0 Å². The molecular formula is C15H27N3. The van der Waals surface area contributed by atoms with E-state index in [-0.39, 0.29) is 0 Å². The van der Waals surface area contributed by atoms with Gasteiger partial charge < -0.3 is 10.2 Å². The predicted octanol–water partition coefficient (Wildman–Crippen LogP) is 3.06. The van der Waals surface area contributed by atoms with E-state index in [4.69, 9.17) is 0 Å². The van der Waals surface area contributed by atoms with Gasteiger partial charge in [0.25, 0.3) is 0 Å². The van der Waals surface area contributed by atoms with Crippen molar-refractivity contribution in [2.24, 2.45) is 5.92 Å². The van der Waals surface area contributed by atoms with Gasteiger partial charge in [0, 0.05) is 25.3 Å². The maximum absolute atomic E-state index is 4.47. The van der Waals surface area contributed by atoms with Gasteiger partial charge in [0.2, 0.25) is 0 Å². The quantitative estimate of drug-likeness (QED) is 0.805. The molecule has 1 heterocycles. The number of rotatable bonds is 7. The van der Waals surface area contributed by atoms with Crippen molar-refractivity contribution in [1.82, 2.24) is 10.3 Å². The lowest BCUT2D eigenvalue weighted by Gasteiger charge is -2.26. The van der Waals surface area contributed by atoms with Crippen molar-refractivity contribution < 1.29 is 0 Å². The van der Waals surface area contributed by atoms with Crippen LogP contribution in [0.25, 0.3) is 0 Å². The monoisotopic (exact) mass is 249 g/mol. The minimum Gasteiger partial charge on any atom is -0.354 e. The van der Waals surface area contributed by atoms with Crippen molar-refractivity contribution in [3.05, 3.63) is 23.9 Å². The van der Waals surface area contributed by atoms with Crippen LogP contribution < -0.4 is 10.2 Å². The van der Waals surface area contributed by atoms with Gasteiger partial charge in [-0.1, -0.05) is 13.8 Å². The van der Waals surface area contributed by atoms with Gasteiger partial charge in [-0.05, 0) is 50.9 Å². The van der Waals surface area contributed by atoms with E-state index in [1.54, 1.807) is 0 Å². The summed E-state index contributed by atoms with van der Waals surface area (Å²) in [5.74, 6) is 1.77. The standard InChI is InChI=1S/C15H27N3/c1-6-18(13(4)5)15-9-14(7-8-17-15)11-16-10-12(2)3/h7-9,12-13,16H,6,10-11H2,1-5H3. The van der Waals surface area contributed by atoms with Crippen molar-refractivity contribution in [3.8, 4) is 0 Å². The van der Waals surface area contributed by atoms with E-state index >= 15 is 0 Å². The van der Waals surface area contributed by atoms with Crippen molar-refractivity contribution in [3.63, 3.8) is 0 Å². The van der Waals surface area contributed by atoms with Crippen LogP contribution in [0.4, 0.5) is 5.82 Å². The van der Waals surface area contributed by atoms with Crippen molar-refractivity contribution in [1.29, 1.82) is 0 Å². The summed E-state index contributed by atoms with van der Waals surface area (Å²) in [6.45, 7) is 14.0. The third-order valence-electron chi connectivity index (χ3n) is 2.95. The number of pyridine rings is 1. The first-order valence-corrected chi connectivity index (χ1v) is 6.96. The van der Waals surface area contributed by atoms with Gasteiger partial charge >= 0.3 is 0 Å². The van der Waals surface area contributed by atoms with Gasteiger partial charge in [-0.2, -0.15) is 0 Å². The Morgan fingerprint density at radius 1 is 1.28 bits per heavy atom. The minimum atomic E-state index is 0.487. The number of hydrogen-bond donors (Lipinski definition) is 1. The number of aromatic nitrogens is 1. The molecule has 0 atom stereocenters. The largest absolute Gasteiger partial charge is 0.354 e. The molecule has 1 aromatic heterocycles. The van der Waals surface area contributed by atoms with Gasteiger partial charge in [-0.25, -0.2) is 4.98 Å². The normalized spacial score (nSPS) is 11.3. The highest BCUT2D eigenvalue weighted by molar-refractivity contribution is 5.41. The van der Waals surface area contributed by atoms with Gasteiger partial charge in [-0.15, -0.1) is 0 Å². The van der Waals surface area contributed by atoms with E-state index < -0.39 is 0 Å². The van der Waals surface area contributed by atoms with Crippen molar-refractivity contribution in [2.45, 2.75) is 47.2 Å². The smallest absolute Gasteiger partial charge is 0.129 e. The molecule has 0 amide bonds. The van der Waals surface area contributed by atoms with Crippen LogP contribution in [-0.4, -0.2) is 24.1 Å². The second-order valence-corrected chi connectivity index (χ2v) is 5.43. The molecule has 0 radical (unpaired) electrons. The summed E-state index contributed by atoms with van der Waals surface area (Å²) in [6.07, 6.45) is 1.91. The Bertz CT molecular complexity index is 347. The maximum Gasteiger partial charge on any atom is 0.129 e. The van der Waals surface area contributed by atoms with Crippen molar-refractivity contribution >= 4 is 5.82 Å². The lowest BCUT2D eigenvalue weighted by atomic mass is 10.2. The van der Waals surface area contributed by atoms with Gasteiger partial charge in [0.05, 0.1) is 0 Å². The van der Waals surface area contributed by atoms with Crippen molar-refractivity contribution in [2.75, 3.05) is 18.0 Å². The molecule has 0 aliphatic carbocycles. The molecule has 1 N–H and O–H groups in total. The molecule has 0 fully saturated rings. The molecule has 102 valence electrons. The molecule has 0 bridgehead atoms. The highest BCUT2D eigenvalue weighted by Gasteiger charge is 2.09. The first kappa shape index (κ1) is 15.0. The van der Waals surface area contributed by atoms with Crippen LogP contribution in [0.3, 0.4) is 0 Å². The molecule has 0 unspecified atom stereocenters. The molecule has 0 aromatic carbocycles. The zero-order valence-electron chi connectivity index (χ0n) is 12.4. The Morgan fingerprint density at radius 2 is 2.00 bits per heavy atom. The molecule has 0 spiro atoms. The summed E-state index contributed by atoms with van der Waals surface area (Å²) >= 11 is 0. The first-order chi connectivity index (χ1) is 8.54. The highest BCUT2D eigenvalue weighted by atomic mass is 15.2. The lowest BCUT2D eigenvalue weighted by Crippen LogP contribution is -2.31. The topological polar surface area (TPSA) is 28.2 Å². The first-order valence-electron chi connectivity index (χ1n) is 6.96. The Morgan fingerprint density at radius 3 is 2.56 bits per heavy atom. The average Bonchev–Trinajstić information content (AvgIpc) is 2.29. The van der Waals surface area contributed by atoms with E-state index in [9.17, 15) is 0 Å². The highest BCUT2D eigenvalue weighted by Crippen LogP contribution is 2.15. The summed E-state index contributed by atoms with van der Waals surface area (Å²) in [6, 6.07) is 4.77. The Labute approximate surface area is 112 Å². The Balaban J connectivity index is 2.66. The van der Waals surface area contributed by atoms with Gasteiger partial charge in [0.1, 0.15) is 5.82 Å². The second kappa shape index (κ2) is 7.37. The molecule has 1 aromatic rings. The molecule has 0 aliphatic heterocycles. The third kappa shape index (κ3) is 4.65. The number of anilines is 1. The second-order valence-electron chi connectivity index (χ2n) is 5.43. The minimum absolute atomic E-state index is 0.487. The van der Waals surface area contributed by atoms with E-state index in [0.717, 1.165) is 25.5 Å². The fraction of sp³-hybridized carbons (Fsp3) is 0.667. The van der Waals surface area contributed by atoms with Crippen LogP contribution in [-0.2, 0) is 6.54 Å². The third-order valence-corrected chi connectivity index (χ3v) is 2.95. The van der Waals surface area contributed by atoms with Crippen LogP contribution in [0.1, 0.15) is 40.2 Å². The molecule has 1 rings (SSSR count). The van der Waals surface area contributed by atoms with Crippen LogP contribution in [0.5, 0.6) is 0 Å². The van der Waals surface area contributed by atoms with E-state index in [1.165, 1.54) is 5.56 Å². The van der Waals surface area contributed by atoms with Crippen LogP contribution in [0, 0.1) is 5.92 Å². The summed E-state index contributed by atoms with van der Waals surface area (Å²) in [4.78, 5) is 6.78. The molecule has 0 aliphatic rings. The molecule has 0 saturated heterocycles. The van der Waals surface area contributed by atoms with E-state index in [1.807, 2.05) is 6.20 Å². The zero-order chi connectivity index (χ0) is 13.5. The molecule has 3 heteroatoms. The zero-order valence-corrected chi connectivity index (χ0v) is 12.4. The van der Waals surface area contributed by atoms with Crippen LogP contribution in [0.15, 0.2) is 18.3 Å². The van der Waals surface area contributed by atoms with Crippen LogP contribution >= 0.6 is 0 Å². The maximum atomic E-state index is 4.47. The van der Waals surface area contributed by atoms with Crippen LogP contribution in [0.2, 0.25) is 0 Å². The predicted molar refractivity (Wildman–Crippen MR) is 78.9 cm³/mol. The number of nitrogens with zero attached hydrogens (tertiary/aromatic N) is 2. The number of nitrogens with one attached hydrogen (secondary N) is 1. The Hall–Kier alpha value is -1.09. The SMILES string of the molecule is CCN(c1cc(CNCC(C)C)ccn1)C(C)C. The Kier molecular flexibility index (Phi) is 6.13. The average molecular weight is 249 g/mol. The molecule has 18 heavy (non-hydrogen) atoms. The summed E-state index contributed by atoms with van der Waals surface area (Å²) in [7, 11) is 0. The molecule has 0 saturated carbocycles. The summed E-state index contributed by atoms with van der Waals surface area (Å²) in [5.41, 5.74) is 1.31. The van der Waals surface area contributed by atoms with E-state index in [0.29, 0.717) is 12.0 Å². The fourth-order valence-electron chi connectivity index (χ4n) is 2.02. The number of hydrogen-bond acceptors (Lipinski definition) is 3.